The van der Waals surface area contributed by atoms with Gasteiger partial charge in [0.2, 0.25) is 5.91 Å². The monoisotopic (exact) mass is 423 g/mol. The molecule has 0 spiro atoms. The third-order valence-electron chi connectivity index (χ3n) is 5.46. The van der Waals surface area contributed by atoms with Gasteiger partial charge in [0.25, 0.3) is 5.56 Å². The Balaban J connectivity index is 1.40. The molecule has 0 aliphatic rings. The Kier molecular flexibility index (Phi) is 5.21. The lowest BCUT2D eigenvalue weighted by atomic mass is 10.1. The van der Waals surface area contributed by atoms with Crippen molar-refractivity contribution in [2.45, 2.75) is 19.5 Å². The van der Waals surface area contributed by atoms with E-state index in [0.717, 1.165) is 27.5 Å². The van der Waals surface area contributed by atoms with Crippen molar-refractivity contribution in [2.75, 3.05) is 0 Å². The fourth-order valence-corrected chi connectivity index (χ4v) is 3.88. The number of amides is 1. The van der Waals surface area contributed by atoms with Crippen molar-refractivity contribution in [3.05, 3.63) is 106 Å². The summed E-state index contributed by atoms with van der Waals surface area (Å²) < 4.78 is 1.41. The van der Waals surface area contributed by atoms with Crippen LogP contribution >= 0.6 is 0 Å². The first-order valence-electron chi connectivity index (χ1n) is 10.4. The van der Waals surface area contributed by atoms with Crippen LogP contribution in [0, 0.1) is 0 Å². The maximum Gasteiger partial charge on any atom is 0.275 e. The molecule has 2 N–H and O–H groups in total. The minimum absolute atomic E-state index is 0.108. The van der Waals surface area contributed by atoms with Crippen molar-refractivity contribution in [1.29, 1.82) is 0 Å². The summed E-state index contributed by atoms with van der Waals surface area (Å²) >= 11 is 0. The number of fused-ring (bicyclic) bond motifs is 2. The SMILES string of the molecule is O=C(Cc1c[nH]c2ccccc12)NCc1nn(Cc2ccccn2)c(=O)c2ccccc12. The highest BCUT2D eigenvalue weighted by molar-refractivity contribution is 5.89. The van der Waals surface area contributed by atoms with Crippen LogP contribution in [0.4, 0.5) is 0 Å². The normalized spacial score (nSPS) is 11.1. The molecule has 1 amide bonds. The molecule has 0 radical (unpaired) electrons. The van der Waals surface area contributed by atoms with Gasteiger partial charge in [-0.15, -0.1) is 0 Å². The molecule has 5 aromatic rings. The first-order valence-corrected chi connectivity index (χ1v) is 10.4. The quantitative estimate of drug-likeness (QED) is 0.439. The molecular weight excluding hydrogens is 402 g/mol. The smallest absolute Gasteiger partial charge is 0.275 e. The Morgan fingerprint density at radius 2 is 1.69 bits per heavy atom. The van der Waals surface area contributed by atoms with E-state index in [1.807, 2.05) is 66.9 Å². The molecule has 5 rings (SSSR count). The molecule has 32 heavy (non-hydrogen) atoms. The summed E-state index contributed by atoms with van der Waals surface area (Å²) in [5.41, 5.74) is 3.15. The van der Waals surface area contributed by atoms with E-state index in [2.05, 4.69) is 20.4 Å². The predicted octanol–water partition coefficient (Wildman–Crippen LogP) is 3.18. The van der Waals surface area contributed by atoms with Gasteiger partial charge in [-0.3, -0.25) is 14.6 Å². The molecule has 0 aliphatic carbocycles. The largest absolute Gasteiger partial charge is 0.361 e. The standard InChI is InChI=1S/C25H21N5O2/c31-24(13-17-14-27-22-11-4-3-8-19(17)22)28-15-23-20-9-1-2-10-21(20)25(32)30(29-23)16-18-7-5-6-12-26-18/h1-12,14,27H,13,15-16H2,(H,28,31). The van der Waals surface area contributed by atoms with Crippen LogP contribution in [0.25, 0.3) is 21.7 Å². The zero-order valence-electron chi connectivity index (χ0n) is 17.3. The number of para-hydroxylation sites is 1. The van der Waals surface area contributed by atoms with Gasteiger partial charge in [0.1, 0.15) is 0 Å². The van der Waals surface area contributed by atoms with Crippen LogP contribution in [0.1, 0.15) is 17.0 Å². The second kappa shape index (κ2) is 8.47. The maximum atomic E-state index is 12.9. The van der Waals surface area contributed by atoms with E-state index < -0.39 is 0 Å². The number of H-pyrrole nitrogens is 1. The first-order chi connectivity index (χ1) is 15.7. The number of aromatic nitrogens is 4. The average molecular weight is 423 g/mol. The molecule has 7 heteroatoms. The van der Waals surface area contributed by atoms with Crippen LogP contribution in [0.2, 0.25) is 0 Å². The number of rotatable bonds is 6. The lowest BCUT2D eigenvalue weighted by Gasteiger charge is -2.12. The zero-order chi connectivity index (χ0) is 21.9. The molecule has 0 aliphatic heterocycles. The topological polar surface area (TPSA) is 92.7 Å². The van der Waals surface area contributed by atoms with E-state index in [9.17, 15) is 9.59 Å². The number of aromatic amines is 1. The second-order valence-corrected chi connectivity index (χ2v) is 7.59. The molecule has 3 heterocycles. The summed E-state index contributed by atoms with van der Waals surface area (Å²) in [6.45, 7) is 0.491. The van der Waals surface area contributed by atoms with Gasteiger partial charge in [-0.2, -0.15) is 5.10 Å². The number of hydrogen-bond donors (Lipinski definition) is 2. The summed E-state index contributed by atoms with van der Waals surface area (Å²) in [5.74, 6) is -0.108. The van der Waals surface area contributed by atoms with Gasteiger partial charge in [0, 0.05) is 28.7 Å². The Morgan fingerprint density at radius 3 is 2.50 bits per heavy atom. The Bertz CT molecular complexity index is 1470. The first kappa shape index (κ1) is 19.7. The fourth-order valence-electron chi connectivity index (χ4n) is 3.88. The Morgan fingerprint density at radius 1 is 0.938 bits per heavy atom. The Labute approximate surface area is 183 Å². The molecule has 3 aromatic heterocycles. The summed E-state index contributed by atoms with van der Waals surface area (Å²) in [4.78, 5) is 33.1. The highest BCUT2D eigenvalue weighted by Crippen LogP contribution is 2.18. The Hall–Kier alpha value is -4.26. The van der Waals surface area contributed by atoms with Crippen LogP contribution in [0.5, 0.6) is 0 Å². The van der Waals surface area contributed by atoms with Crippen LogP contribution in [-0.2, 0) is 24.3 Å². The van der Waals surface area contributed by atoms with Gasteiger partial charge in [-0.25, -0.2) is 4.68 Å². The number of hydrogen-bond acceptors (Lipinski definition) is 4. The predicted molar refractivity (Wildman–Crippen MR) is 123 cm³/mol. The fraction of sp³-hybridized carbons (Fsp3) is 0.120. The van der Waals surface area contributed by atoms with Crippen LogP contribution in [-0.4, -0.2) is 25.7 Å². The molecule has 0 atom stereocenters. The summed E-state index contributed by atoms with van der Waals surface area (Å²) in [7, 11) is 0. The third-order valence-corrected chi connectivity index (χ3v) is 5.46. The summed E-state index contributed by atoms with van der Waals surface area (Å²) in [6.07, 6.45) is 3.81. The van der Waals surface area contributed by atoms with E-state index >= 15 is 0 Å². The van der Waals surface area contributed by atoms with E-state index in [4.69, 9.17) is 0 Å². The molecule has 0 saturated heterocycles. The van der Waals surface area contributed by atoms with Gasteiger partial charge in [0.15, 0.2) is 0 Å². The van der Waals surface area contributed by atoms with E-state index in [1.165, 1.54) is 4.68 Å². The van der Waals surface area contributed by atoms with Crippen LogP contribution in [0.15, 0.2) is 83.9 Å². The number of carbonyl (C=O) groups is 1. The highest BCUT2D eigenvalue weighted by atomic mass is 16.1. The van der Waals surface area contributed by atoms with Gasteiger partial charge in [-0.1, -0.05) is 42.5 Å². The number of carbonyl (C=O) groups excluding carboxylic acids is 1. The van der Waals surface area contributed by atoms with Gasteiger partial charge in [-0.05, 0) is 29.8 Å². The van der Waals surface area contributed by atoms with E-state index in [0.29, 0.717) is 11.1 Å². The number of pyridine rings is 1. The van der Waals surface area contributed by atoms with Crippen LogP contribution < -0.4 is 10.9 Å². The molecule has 0 unspecified atom stereocenters. The second-order valence-electron chi connectivity index (χ2n) is 7.59. The number of nitrogens with zero attached hydrogens (tertiary/aromatic N) is 3. The molecule has 158 valence electrons. The molecule has 7 nitrogen and oxygen atoms in total. The van der Waals surface area contributed by atoms with Crippen molar-refractivity contribution in [3.63, 3.8) is 0 Å². The lowest BCUT2D eigenvalue weighted by molar-refractivity contribution is -0.120. The number of benzene rings is 2. The van der Waals surface area contributed by atoms with Crippen LogP contribution in [0.3, 0.4) is 0 Å². The van der Waals surface area contributed by atoms with Gasteiger partial charge < -0.3 is 10.3 Å². The van der Waals surface area contributed by atoms with Crippen molar-refractivity contribution in [1.82, 2.24) is 25.1 Å². The summed E-state index contributed by atoms with van der Waals surface area (Å²) in [5, 5.41) is 9.86. The van der Waals surface area contributed by atoms with Gasteiger partial charge >= 0.3 is 0 Å². The minimum Gasteiger partial charge on any atom is -0.361 e. The molecular formula is C25H21N5O2. The number of nitrogens with one attached hydrogen (secondary N) is 2. The third kappa shape index (κ3) is 3.88. The zero-order valence-corrected chi connectivity index (χ0v) is 17.3. The van der Waals surface area contributed by atoms with Crippen molar-refractivity contribution in [3.8, 4) is 0 Å². The van der Waals surface area contributed by atoms with Crippen molar-refractivity contribution >= 4 is 27.6 Å². The molecule has 0 saturated carbocycles. The highest BCUT2D eigenvalue weighted by Gasteiger charge is 2.13. The average Bonchev–Trinajstić information content (AvgIpc) is 3.23. The van der Waals surface area contributed by atoms with Crippen molar-refractivity contribution < 1.29 is 4.79 Å². The van der Waals surface area contributed by atoms with Crippen molar-refractivity contribution in [2.24, 2.45) is 0 Å². The minimum atomic E-state index is -0.180. The molecule has 0 fully saturated rings. The lowest BCUT2D eigenvalue weighted by Crippen LogP contribution is -2.29. The van der Waals surface area contributed by atoms with Gasteiger partial charge in [0.05, 0.1) is 36.3 Å². The maximum absolute atomic E-state index is 12.9. The van der Waals surface area contributed by atoms with E-state index in [1.54, 1.807) is 12.3 Å². The molecule has 2 aromatic carbocycles. The molecule has 0 bridgehead atoms. The summed E-state index contributed by atoms with van der Waals surface area (Å²) in [6, 6.07) is 20.8. The van der Waals surface area contributed by atoms with E-state index in [-0.39, 0.29) is 31.0 Å².